The number of halogens is 1. The van der Waals surface area contributed by atoms with Crippen LogP contribution in [0.1, 0.15) is 28.8 Å². The van der Waals surface area contributed by atoms with Gasteiger partial charge in [0.15, 0.2) is 5.58 Å². The Morgan fingerprint density at radius 1 is 0.976 bits per heavy atom. The maximum absolute atomic E-state index is 15.2. The van der Waals surface area contributed by atoms with Crippen molar-refractivity contribution in [1.82, 2.24) is 14.8 Å². The number of carbonyl (C=O) groups is 1. The van der Waals surface area contributed by atoms with Gasteiger partial charge < -0.3 is 24.3 Å². The van der Waals surface area contributed by atoms with Crippen LogP contribution in [-0.2, 0) is 4.74 Å². The number of nitrogens with zero attached hydrogens (tertiary/aromatic N) is 4. The summed E-state index contributed by atoms with van der Waals surface area (Å²) in [6, 6.07) is 17.9. The van der Waals surface area contributed by atoms with Gasteiger partial charge in [0, 0.05) is 62.2 Å². The molecule has 3 aromatic carbocycles. The van der Waals surface area contributed by atoms with Crippen molar-refractivity contribution in [3.63, 3.8) is 0 Å². The number of fused-ring (bicyclic) bond motifs is 1. The molecule has 3 heterocycles. The first kappa shape index (κ1) is 26.0. The SMILES string of the molecule is Cc1cc(Nc2nc3cccc(-c4ccc(C(=O)N5CCOCC5)c(F)c4)c3o2)ccc1N1CCN(C2CC2)CC1. The monoisotopic (exact) mass is 555 g/mol. The largest absolute Gasteiger partial charge is 0.423 e. The van der Waals surface area contributed by atoms with Gasteiger partial charge in [-0.3, -0.25) is 9.69 Å². The molecule has 2 aliphatic heterocycles. The van der Waals surface area contributed by atoms with Gasteiger partial charge in [-0.15, -0.1) is 0 Å². The third-order valence-corrected chi connectivity index (χ3v) is 8.39. The lowest BCUT2D eigenvalue weighted by atomic mass is 10.0. The Labute approximate surface area is 238 Å². The van der Waals surface area contributed by atoms with Crippen LogP contribution in [0, 0.1) is 12.7 Å². The number of piperazine rings is 1. The van der Waals surface area contributed by atoms with Gasteiger partial charge in [0.1, 0.15) is 11.3 Å². The lowest BCUT2D eigenvalue weighted by Gasteiger charge is -2.37. The zero-order valence-electron chi connectivity index (χ0n) is 23.2. The maximum atomic E-state index is 15.2. The van der Waals surface area contributed by atoms with Gasteiger partial charge in [-0.05, 0) is 67.3 Å². The van der Waals surface area contributed by atoms with Crippen molar-refractivity contribution < 1.29 is 18.3 Å². The highest BCUT2D eigenvalue weighted by atomic mass is 19.1. The van der Waals surface area contributed by atoms with Crippen LogP contribution >= 0.6 is 0 Å². The molecule has 1 amide bonds. The topological polar surface area (TPSA) is 74.1 Å². The predicted molar refractivity (Wildman–Crippen MR) is 157 cm³/mol. The van der Waals surface area contributed by atoms with E-state index in [9.17, 15) is 4.79 Å². The number of aryl methyl sites for hydroxylation is 1. The number of rotatable bonds is 6. The number of nitrogens with one attached hydrogen (secondary N) is 1. The van der Waals surface area contributed by atoms with Gasteiger partial charge >= 0.3 is 0 Å². The Morgan fingerprint density at radius 3 is 2.51 bits per heavy atom. The Hall–Kier alpha value is -3.95. The van der Waals surface area contributed by atoms with Crippen LogP contribution in [0.25, 0.3) is 22.2 Å². The molecule has 1 aliphatic carbocycles. The Kier molecular flexibility index (Phi) is 6.84. The number of aromatic nitrogens is 1. The molecule has 7 rings (SSSR count). The van der Waals surface area contributed by atoms with E-state index in [1.165, 1.54) is 30.2 Å². The third-order valence-electron chi connectivity index (χ3n) is 8.39. The standard InChI is InChI=1S/C32H34FN5O3/c1-21-19-23(6-10-29(21)37-13-11-36(12-14-37)24-7-8-24)34-32-35-28-4-2-3-25(30(28)41-32)22-5-9-26(27(33)20-22)31(39)38-15-17-40-18-16-38/h2-6,9-10,19-20,24H,7-8,11-18H2,1H3,(H,34,35). The second kappa shape index (κ2) is 10.8. The van der Waals surface area contributed by atoms with E-state index in [-0.39, 0.29) is 11.5 Å². The van der Waals surface area contributed by atoms with Gasteiger partial charge in [-0.2, -0.15) is 4.98 Å². The van der Waals surface area contributed by atoms with E-state index in [0.717, 1.165) is 37.9 Å². The normalized spacial score (nSPS) is 18.2. The number of amides is 1. The van der Waals surface area contributed by atoms with E-state index in [2.05, 4.69) is 45.2 Å². The molecule has 0 unspecified atom stereocenters. The number of hydrogen-bond donors (Lipinski definition) is 1. The molecular weight excluding hydrogens is 521 g/mol. The van der Waals surface area contributed by atoms with E-state index < -0.39 is 5.82 Å². The quantitative estimate of drug-likeness (QED) is 0.340. The molecule has 1 saturated carbocycles. The molecular formula is C32H34FN5O3. The van der Waals surface area contributed by atoms with Crippen molar-refractivity contribution in [2.75, 3.05) is 62.7 Å². The number of ether oxygens (including phenoxy) is 1. The van der Waals surface area contributed by atoms with E-state index in [0.29, 0.717) is 54.5 Å². The van der Waals surface area contributed by atoms with Crippen LogP contribution in [-0.4, -0.2) is 79.2 Å². The number of benzene rings is 3. The average molecular weight is 556 g/mol. The molecule has 0 spiro atoms. The van der Waals surface area contributed by atoms with Crippen LogP contribution in [0.2, 0.25) is 0 Å². The van der Waals surface area contributed by atoms with Crippen LogP contribution in [0.15, 0.2) is 59.0 Å². The van der Waals surface area contributed by atoms with Gasteiger partial charge in [-0.1, -0.05) is 18.2 Å². The maximum Gasteiger partial charge on any atom is 0.300 e. The van der Waals surface area contributed by atoms with Gasteiger partial charge in [-0.25, -0.2) is 4.39 Å². The van der Waals surface area contributed by atoms with Crippen LogP contribution < -0.4 is 10.2 Å². The number of oxazole rings is 1. The smallest absolute Gasteiger partial charge is 0.300 e. The molecule has 0 bridgehead atoms. The molecule has 1 aromatic heterocycles. The summed E-state index contributed by atoms with van der Waals surface area (Å²) in [6.45, 7) is 8.38. The third kappa shape index (κ3) is 5.27. The lowest BCUT2D eigenvalue weighted by Crippen LogP contribution is -2.47. The molecule has 3 aliphatic rings. The summed E-state index contributed by atoms with van der Waals surface area (Å²) in [5.41, 5.74) is 5.99. The van der Waals surface area contributed by atoms with Crippen molar-refractivity contribution in [2.45, 2.75) is 25.8 Å². The minimum atomic E-state index is -0.557. The highest BCUT2D eigenvalue weighted by Gasteiger charge is 2.31. The number of hydrogen-bond acceptors (Lipinski definition) is 7. The number of carbonyl (C=O) groups excluding carboxylic acids is 1. The molecule has 2 saturated heterocycles. The van der Waals surface area contributed by atoms with Gasteiger partial charge in [0.05, 0.1) is 18.8 Å². The molecule has 9 heteroatoms. The summed E-state index contributed by atoms with van der Waals surface area (Å²) in [5.74, 6) is -0.873. The summed E-state index contributed by atoms with van der Waals surface area (Å²) >= 11 is 0. The molecule has 0 atom stereocenters. The van der Waals surface area contributed by atoms with Crippen molar-refractivity contribution in [2.24, 2.45) is 0 Å². The fourth-order valence-electron chi connectivity index (χ4n) is 6.00. The predicted octanol–water partition coefficient (Wildman–Crippen LogP) is 5.44. The molecule has 8 nitrogen and oxygen atoms in total. The summed E-state index contributed by atoms with van der Waals surface area (Å²) < 4.78 is 26.6. The van der Waals surface area contributed by atoms with E-state index in [4.69, 9.17) is 9.15 Å². The van der Waals surface area contributed by atoms with Crippen molar-refractivity contribution >= 4 is 34.4 Å². The Morgan fingerprint density at radius 2 is 1.78 bits per heavy atom. The molecule has 3 fully saturated rings. The first-order chi connectivity index (χ1) is 20.0. The zero-order valence-corrected chi connectivity index (χ0v) is 23.2. The van der Waals surface area contributed by atoms with E-state index >= 15 is 4.39 Å². The number of anilines is 3. The van der Waals surface area contributed by atoms with Crippen molar-refractivity contribution in [3.8, 4) is 11.1 Å². The zero-order chi connectivity index (χ0) is 27.9. The average Bonchev–Trinajstić information content (AvgIpc) is 3.76. The first-order valence-corrected chi connectivity index (χ1v) is 14.5. The lowest BCUT2D eigenvalue weighted by molar-refractivity contribution is 0.0300. The number of para-hydroxylation sites is 1. The second-order valence-corrected chi connectivity index (χ2v) is 11.2. The summed E-state index contributed by atoms with van der Waals surface area (Å²) in [7, 11) is 0. The summed E-state index contributed by atoms with van der Waals surface area (Å²) in [4.78, 5) is 24.2. The molecule has 41 heavy (non-hydrogen) atoms. The van der Waals surface area contributed by atoms with Gasteiger partial charge in [0.2, 0.25) is 0 Å². The highest BCUT2D eigenvalue weighted by molar-refractivity contribution is 5.96. The first-order valence-electron chi connectivity index (χ1n) is 14.5. The van der Waals surface area contributed by atoms with Crippen molar-refractivity contribution in [3.05, 3.63) is 71.5 Å². The van der Waals surface area contributed by atoms with Crippen LogP contribution in [0.3, 0.4) is 0 Å². The van der Waals surface area contributed by atoms with E-state index in [1.54, 1.807) is 17.0 Å². The summed E-state index contributed by atoms with van der Waals surface area (Å²) in [5, 5.41) is 3.31. The van der Waals surface area contributed by atoms with Crippen LogP contribution in [0.5, 0.6) is 0 Å². The minimum absolute atomic E-state index is 0.0614. The number of morpholine rings is 1. The van der Waals surface area contributed by atoms with Gasteiger partial charge in [0.25, 0.3) is 11.9 Å². The summed E-state index contributed by atoms with van der Waals surface area (Å²) in [6.07, 6.45) is 2.71. The highest BCUT2D eigenvalue weighted by Crippen LogP contribution is 2.34. The molecule has 4 aromatic rings. The van der Waals surface area contributed by atoms with Crippen molar-refractivity contribution in [1.29, 1.82) is 0 Å². The fourth-order valence-corrected chi connectivity index (χ4v) is 6.00. The second-order valence-electron chi connectivity index (χ2n) is 11.2. The Bertz CT molecular complexity index is 1590. The van der Waals surface area contributed by atoms with E-state index in [1.807, 2.05) is 18.2 Å². The molecule has 0 radical (unpaired) electrons. The van der Waals surface area contributed by atoms with Crippen LogP contribution in [0.4, 0.5) is 21.8 Å². The fraction of sp³-hybridized carbons (Fsp3) is 0.375. The minimum Gasteiger partial charge on any atom is -0.423 e. The molecule has 212 valence electrons. The Balaban J connectivity index is 1.08. The molecule has 1 N–H and O–H groups in total.